The molecule has 0 unspecified atom stereocenters. The van der Waals surface area contributed by atoms with Crippen molar-refractivity contribution in [1.29, 1.82) is 0 Å². The lowest BCUT2D eigenvalue weighted by Gasteiger charge is -2.25. The molecule has 3 aromatic carbocycles. The zero-order valence-corrected chi connectivity index (χ0v) is 26.5. The molecule has 242 valence electrons. The topological polar surface area (TPSA) is 115 Å². The highest BCUT2D eigenvalue weighted by Gasteiger charge is 2.48. The fourth-order valence-corrected chi connectivity index (χ4v) is 5.01. The number of carbonyl (C=O) groups is 2. The van der Waals surface area contributed by atoms with E-state index in [1.54, 1.807) is 42.4 Å². The molecule has 0 aliphatic rings. The smallest absolute Gasteiger partial charge is 0.466 e. The minimum atomic E-state index is -5.89. The van der Waals surface area contributed by atoms with Crippen molar-refractivity contribution in [3.8, 4) is 5.75 Å². The van der Waals surface area contributed by atoms with Crippen molar-refractivity contribution >= 4 is 51.6 Å². The lowest BCUT2D eigenvalue weighted by Crippen LogP contribution is -2.30. The van der Waals surface area contributed by atoms with Crippen LogP contribution in [0.5, 0.6) is 5.75 Å². The van der Waals surface area contributed by atoms with E-state index in [-0.39, 0.29) is 37.5 Å². The fourth-order valence-electron chi connectivity index (χ4n) is 3.59. The number of benzene rings is 3. The number of halogens is 4. The molecule has 0 heterocycles. The molecule has 3 rings (SSSR count). The van der Waals surface area contributed by atoms with Gasteiger partial charge in [-0.05, 0) is 55.8 Å². The molecule has 0 aromatic heterocycles. The largest absolute Gasteiger partial charge is 0.534 e. The van der Waals surface area contributed by atoms with E-state index in [0.717, 1.165) is 34.2 Å². The molecule has 3 aromatic rings. The first-order valence-corrected chi connectivity index (χ1v) is 15.9. The van der Waals surface area contributed by atoms with Gasteiger partial charge in [-0.1, -0.05) is 54.1 Å². The van der Waals surface area contributed by atoms with Crippen LogP contribution in [0.4, 0.5) is 18.0 Å². The number of hydrazone groups is 1. The third kappa shape index (κ3) is 11.0. The van der Waals surface area contributed by atoms with Gasteiger partial charge in [0.1, 0.15) is 5.75 Å². The normalized spacial score (nSPS) is 12.1. The molecule has 0 saturated heterocycles. The Labute approximate surface area is 268 Å². The summed E-state index contributed by atoms with van der Waals surface area (Å²) in [5, 5.41) is 4.96. The summed E-state index contributed by atoms with van der Waals surface area (Å²) >= 11 is 6.94. The molecule has 0 saturated carbocycles. The molecule has 16 heteroatoms. The van der Waals surface area contributed by atoms with Gasteiger partial charge in [-0.25, -0.2) is 9.10 Å². The Kier molecular flexibility index (Phi) is 13.1. The van der Waals surface area contributed by atoms with Gasteiger partial charge in [0, 0.05) is 29.2 Å². The molecule has 0 atom stereocenters. The highest BCUT2D eigenvalue weighted by atomic mass is 35.5. The lowest BCUT2D eigenvalue weighted by molar-refractivity contribution is -0.143. The second-order valence-corrected chi connectivity index (χ2v) is 11.9. The summed E-state index contributed by atoms with van der Waals surface area (Å²) in [7, 11) is -5.89. The van der Waals surface area contributed by atoms with Crippen molar-refractivity contribution in [1.82, 2.24) is 8.72 Å². The number of amides is 1. The predicted octanol–water partition coefficient (Wildman–Crippen LogP) is 6.80. The van der Waals surface area contributed by atoms with Gasteiger partial charge in [0.2, 0.25) is 0 Å². The van der Waals surface area contributed by atoms with Crippen LogP contribution >= 0.6 is 23.7 Å². The molecule has 0 bridgehead atoms. The predicted molar refractivity (Wildman–Crippen MR) is 164 cm³/mol. The first-order valence-electron chi connectivity index (χ1n) is 13.4. The van der Waals surface area contributed by atoms with Crippen molar-refractivity contribution < 1.29 is 44.8 Å². The van der Waals surface area contributed by atoms with Crippen molar-refractivity contribution in [2.75, 3.05) is 19.8 Å². The number of alkyl halides is 3. The van der Waals surface area contributed by atoms with E-state index in [1.807, 2.05) is 30.3 Å². The highest BCUT2D eigenvalue weighted by Crippen LogP contribution is 2.28. The van der Waals surface area contributed by atoms with Crippen LogP contribution in [0.1, 0.15) is 37.0 Å². The fraction of sp³-hybridized carbons (Fsp3) is 0.276. The number of carbonyl (C=O) groups excluding carboxylic acids is 2. The van der Waals surface area contributed by atoms with Gasteiger partial charge < -0.3 is 13.7 Å². The van der Waals surface area contributed by atoms with E-state index in [1.165, 1.54) is 12.1 Å². The van der Waals surface area contributed by atoms with Gasteiger partial charge in [-0.15, -0.1) is 4.41 Å². The molecule has 0 N–H and O–H groups in total. The monoisotopic (exact) mass is 687 g/mol. The Bertz CT molecular complexity index is 1560. The first-order chi connectivity index (χ1) is 21.3. The van der Waals surface area contributed by atoms with Crippen molar-refractivity contribution in [2.45, 2.75) is 32.3 Å². The number of nitrogens with zero attached hydrogens (tertiary/aromatic N) is 3. The van der Waals surface area contributed by atoms with Crippen molar-refractivity contribution in [3.63, 3.8) is 0 Å². The van der Waals surface area contributed by atoms with Crippen LogP contribution in [-0.4, -0.2) is 60.2 Å². The minimum absolute atomic E-state index is 0.0143. The zero-order valence-electron chi connectivity index (χ0n) is 24.1. The number of hydrogen-bond donors (Lipinski definition) is 0. The molecule has 0 aliphatic heterocycles. The van der Waals surface area contributed by atoms with E-state index < -0.39 is 33.4 Å². The molecular formula is C29H29ClF3N3O7S2. The Hall–Kier alpha value is -3.79. The Morgan fingerprint density at radius 2 is 1.47 bits per heavy atom. The molecule has 0 aliphatic carbocycles. The SMILES string of the molecule is CCOC(=O)CCN(Cc1ccccc1)SN(N=C(c1ccc(Cl)cc1)c1ccc(OS(=O)(=O)C(F)(F)F)cc1)C(=O)OCC. The quantitative estimate of drug-likeness (QED) is 0.0451. The van der Waals surface area contributed by atoms with Gasteiger partial charge in [0.05, 0.1) is 37.5 Å². The van der Waals surface area contributed by atoms with Gasteiger partial charge in [0.15, 0.2) is 0 Å². The van der Waals surface area contributed by atoms with Crippen molar-refractivity contribution in [3.05, 3.63) is 101 Å². The number of rotatable bonds is 14. The lowest BCUT2D eigenvalue weighted by atomic mass is 10.0. The van der Waals surface area contributed by atoms with E-state index >= 15 is 0 Å². The number of hydrogen-bond acceptors (Lipinski definition) is 10. The summed E-state index contributed by atoms with van der Waals surface area (Å²) in [6, 6.07) is 20.2. The molecule has 0 fully saturated rings. The standard InChI is InChI=1S/C29H29ClF3N3O7S2/c1-3-41-26(37)18-19-35(20-21-8-6-5-7-9-21)44-36(28(38)42-4-2)34-27(22-10-14-24(30)15-11-22)23-12-16-25(17-13-23)43-45(39,40)29(31,32)33/h5-17H,3-4,18-20H2,1-2H3. The average Bonchev–Trinajstić information content (AvgIpc) is 2.99. The van der Waals surface area contributed by atoms with Crippen LogP contribution in [0.25, 0.3) is 0 Å². The molecular weight excluding hydrogens is 659 g/mol. The van der Waals surface area contributed by atoms with Crippen molar-refractivity contribution in [2.24, 2.45) is 5.10 Å². The van der Waals surface area contributed by atoms with Crippen LogP contribution in [-0.2, 0) is 30.9 Å². The highest BCUT2D eigenvalue weighted by molar-refractivity contribution is 7.95. The maximum Gasteiger partial charge on any atom is 0.534 e. The summed E-state index contributed by atoms with van der Waals surface area (Å²) < 4.78 is 78.6. The molecule has 1 amide bonds. The van der Waals surface area contributed by atoms with Gasteiger partial charge in [-0.2, -0.15) is 26.7 Å². The second-order valence-electron chi connectivity index (χ2n) is 8.92. The first kappa shape index (κ1) is 35.7. The molecule has 0 radical (unpaired) electrons. The molecule has 10 nitrogen and oxygen atoms in total. The average molecular weight is 688 g/mol. The zero-order chi connectivity index (χ0) is 33.0. The third-order valence-electron chi connectivity index (χ3n) is 5.61. The van der Waals surface area contributed by atoms with Crippen LogP contribution < -0.4 is 4.18 Å². The summed E-state index contributed by atoms with van der Waals surface area (Å²) in [6.07, 6.45) is -0.834. The summed E-state index contributed by atoms with van der Waals surface area (Å²) in [5.74, 6) is -1.02. The summed E-state index contributed by atoms with van der Waals surface area (Å²) in [4.78, 5) is 25.3. The van der Waals surface area contributed by atoms with Gasteiger partial charge >= 0.3 is 27.7 Å². The van der Waals surface area contributed by atoms with Gasteiger partial charge in [-0.3, -0.25) is 4.79 Å². The maximum atomic E-state index is 13.2. The maximum absolute atomic E-state index is 13.2. The van der Waals surface area contributed by atoms with Crippen LogP contribution in [0.2, 0.25) is 5.02 Å². The molecule has 45 heavy (non-hydrogen) atoms. The van der Waals surface area contributed by atoms with Crippen LogP contribution in [0.15, 0.2) is 84.0 Å². The Morgan fingerprint density at radius 1 is 0.889 bits per heavy atom. The Balaban J connectivity index is 2.04. The van der Waals surface area contributed by atoms with Gasteiger partial charge in [0.25, 0.3) is 0 Å². The van der Waals surface area contributed by atoms with E-state index in [4.69, 9.17) is 21.1 Å². The number of esters is 1. The molecule has 0 spiro atoms. The Morgan fingerprint density at radius 3 is 2.02 bits per heavy atom. The van der Waals surface area contributed by atoms with E-state index in [0.29, 0.717) is 17.1 Å². The summed E-state index contributed by atoms with van der Waals surface area (Å²) in [5.41, 5.74) is -3.85. The van der Waals surface area contributed by atoms with E-state index in [2.05, 4.69) is 9.28 Å². The number of ether oxygens (including phenoxy) is 2. The van der Waals surface area contributed by atoms with Crippen LogP contribution in [0.3, 0.4) is 0 Å². The summed E-state index contributed by atoms with van der Waals surface area (Å²) in [6.45, 7) is 3.99. The third-order valence-corrected chi connectivity index (χ3v) is 7.77. The second kappa shape index (κ2) is 16.5. The minimum Gasteiger partial charge on any atom is -0.466 e. The van der Waals surface area contributed by atoms with E-state index in [9.17, 15) is 31.2 Å². The van der Waals surface area contributed by atoms with Crippen LogP contribution in [0, 0.1) is 0 Å².